The lowest BCUT2D eigenvalue weighted by Crippen LogP contribution is -2.34. The smallest absolute Gasteiger partial charge is 0.322 e. The molecule has 1 rings (SSSR count). The van der Waals surface area contributed by atoms with Crippen LogP contribution < -0.4 is 5.32 Å². The number of methoxy groups -OCH3 is 1. The van der Waals surface area contributed by atoms with E-state index in [1.807, 2.05) is 0 Å². The Morgan fingerprint density at radius 3 is 3.15 bits per heavy atom. The van der Waals surface area contributed by atoms with E-state index in [0.29, 0.717) is 6.54 Å². The second-order valence-corrected chi connectivity index (χ2v) is 2.66. The summed E-state index contributed by atoms with van der Waals surface area (Å²) in [6, 6.07) is -0.310. The van der Waals surface area contributed by atoms with Crippen molar-refractivity contribution >= 4 is 5.97 Å². The molecule has 1 aromatic heterocycles. The average Bonchev–Trinajstić information content (AvgIpc) is 2.65. The van der Waals surface area contributed by atoms with Crippen LogP contribution in [0.4, 0.5) is 0 Å². The Kier molecular flexibility index (Phi) is 3.45. The summed E-state index contributed by atoms with van der Waals surface area (Å²) < 4.78 is 4.55. The third kappa shape index (κ3) is 2.87. The molecule has 0 aliphatic heterocycles. The Balaban J connectivity index is 2.30. The number of hydrogen-bond acceptors (Lipinski definition) is 4. The minimum atomic E-state index is -0.310. The summed E-state index contributed by atoms with van der Waals surface area (Å²) in [4.78, 5) is 17.9. The van der Waals surface area contributed by atoms with Gasteiger partial charge in [0.2, 0.25) is 0 Å². The third-order valence-corrected chi connectivity index (χ3v) is 1.69. The summed E-state index contributed by atoms with van der Waals surface area (Å²) in [6.45, 7) is 2.28. The summed E-state index contributed by atoms with van der Waals surface area (Å²) in [5.41, 5.74) is 0. The van der Waals surface area contributed by atoms with E-state index < -0.39 is 0 Å². The fraction of sp³-hybridized carbons (Fsp3) is 0.500. The van der Waals surface area contributed by atoms with Gasteiger partial charge in [-0.25, -0.2) is 4.98 Å². The zero-order valence-corrected chi connectivity index (χ0v) is 7.70. The highest BCUT2D eigenvalue weighted by Crippen LogP contribution is 1.91. The number of aromatic amines is 1. The summed E-state index contributed by atoms with van der Waals surface area (Å²) in [5.74, 6) is 0.530. The molecular weight excluding hydrogens is 170 g/mol. The molecule has 0 aliphatic rings. The number of ether oxygens (including phenoxy) is 1. The standard InChI is InChI=1S/C8H13N3O2/c1-6(8(12)13-2)11-5-7-9-3-4-10-7/h3-4,6,11H,5H2,1-2H3,(H,9,10)/t6-/m0/s1. The Hall–Kier alpha value is -1.36. The van der Waals surface area contributed by atoms with E-state index in [1.54, 1.807) is 19.3 Å². The molecule has 1 atom stereocenters. The molecule has 0 aromatic carbocycles. The Bertz CT molecular complexity index is 258. The minimum absolute atomic E-state index is 0.272. The van der Waals surface area contributed by atoms with E-state index in [1.165, 1.54) is 7.11 Å². The topological polar surface area (TPSA) is 67.0 Å². The van der Waals surface area contributed by atoms with Crippen LogP contribution in [-0.2, 0) is 16.1 Å². The predicted octanol–water partition coefficient (Wildman–Crippen LogP) is 0.0608. The van der Waals surface area contributed by atoms with Crippen LogP contribution in [0.2, 0.25) is 0 Å². The molecule has 0 radical (unpaired) electrons. The Labute approximate surface area is 76.5 Å². The number of carbonyl (C=O) groups is 1. The maximum Gasteiger partial charge on any atom is 0.322 e. The van der Waals surface area contributed by atoms with Gasteiger partial charge < -0.3 is 9.72 Å². The zero-order chi connectivity index (χ0) is 9.68. The molecule has 5 heteroatoms. The van der Waals surface area contributed by atoms with Gasteiger partial charge in [0.05, 0.1) is 13.7 Å². The third-order valence-electron chi connectivity index (χ3n) is 1.69. The van der Waals surface area contributed by atoms with Crippen LogP contribution >= 0.6 is 0 Å². The quantitative estimate of drug-likeness (QED) is 0.648. The van der Waals surface area contributed by atoms with Crippen LogP contribution in [0.15, 0.2) is 12.4 Å². The number of esters is 1. The summed E-state index contributed by atoms with van der Waals surface area (Å²) in [6.07, 6.45) is 3.40. The first-order chi connectivity index (χ1) is 6.24. The molecule has 2 N–H and O–H groups in total. The van der Waals surface area contributed by atoms with Crippen LogP contribution in [0.3, 0.4) is 0 Å². The Morgan fingerprint density at radius 2 is 2.62 bits per heavy atom. The van der Waals surface area contributed by atoms with Crippen molar-refractivity contribution in [3.63, 3.8) is 0 Å². The van der Waals surface area contributed by atoms with E-state index in [4.69, 9.17) is 0 Å². The van der Waals surface area contributed by atoms with Gasteiger partial charge in [-0.05, 0) is 6.92 Å². The lowest BCUT2D eigenvalue weighted by atomic mass is 10.3. The highest BCUT2D eigenvalue weighted by atomic mass is 16.5. The first kappa shape index (κ1) is 9.73. The van der Waals surface area contributed by atoms with Crippen molar-refractivity contribution in [3.8, 4) is 0 Å². The molecular formula is C8H13N3O2. The first-order valence-corrected chi connectivity index (χ1v) is 4.03. The first-order valence-electron chi connectivity index (χ1n) is 4.03. The molecule has 0 saturated carbocycles. The minimum Gasteiger partial charge on any atom is -0.468 e. The van der Waals surface area contributed by atoms with Crippen molar-refractivity contribution in [1.29, 1.82) is 0 Å². The molecule has 5 nitrogen and oxygen atoms in total. The lowest BCUT2D eigenvalue weighted by molar-refractivity contribution is -0.142. The fourth-order valence-corrected chi connectivity index (χ4v) is 0.905. The molecule has 13 heavy (non-hydrogen) atoms. The molecule has 0 unspecified atom stereocenters. The number of imidazole rings is 1. The van der Waals surface area contributed by atoms with Crippen LogP contribution in [0.5, 0.6) is 0 Å². The lowest BCUT2D eigenvalue weighted by Gasteiger charge is -2.09. The molecule has 0 bridgehead atoms. The second kappa shape index (κ2) is 4.61. The number of carbonyl (C=O) groups excluding carboxylic acids is 1. The van der Waals surface area contributed by atoms with Gasteiger partial charge in [0.1, 0.15) is 11.9 Å². The van der Waals surface area contributed by atoms with Gasteiger partial charge >= 0.3 is 5.97 Å². The number of nitrogens with zero attached hydrogens (tertiary/aromatic N) is 1. The number of rotatable bonds is 4. The van der Waals surface area contributed by atoms with Crippen molar-refractivity contribution in [2.24, 2.45) is 0 Å². The fourth-order valence-electron chi connectivity index (χ4n) is 0.905. The number of hydrogen-bond donors (Lipinski definition) is 2. The van der Waals surface area contributed by atoms with Crippen LogP contribution in [0, 0.1) is 0 Å². The maximum absolute atomic E-state index is 11.0. The van der Waals surface area contributed by atoms with Gasteiger partial charge in [0, 0.05) is 12.4 Å². The molecule has 1 aromatic rings. The van der Waals surface area contributed by atoms with Crippen molar-refractivity contribution in [3.05, 3.63) is 18.2 Å². The van der Waals surface area contributed by atoms with Gasteiger partial charge in [-0.3, -0.25) is 10.1 Å². The average molecular weight is 183 g/mol. The van der Waals surface area contributed by atoms with E-state index >= 15 is 0 Å². The summed E-state index contributed by atoms with van der Waals surface area (Å²) >= 11 is 0. The van der Waals surface area contributed by atoms with Crippen molar-refractivity contribution in [2.75, 3.05) is 7.11 Å². The van der Waals surface area contributed by atoms with Crippen molar-refractivity contribution < 1.29 is 9.53 Å². The van der Waals surface area contributed by atoms with Gasteiger partial charge in [-0.1, -0.05) is 0 Å². The van der Waals surface area contributed by atoms with Crippen molar-refractivity contribution in [1.82, 2.24) is 15.3 Å². The van der Waals surface area contributed by atoms with Gasteiger partial charge in [-0.15, -0.1) is 0 Å². The van der Waals surface area contributed by atoms with Crippen LogP contribution in [-0.4, -0.2) is 29.1 Å². The van der Waals surface area contributed by atoms with E-state index in [2.05, 4.69) is 20.0 Å². The normalized spacial score (nSPS) is 12.5. The van der Waals surface area contributed by atoms with Crippen LogP contribution in [0.25, 0.3) is 0 Å². The van der Waals surface area contributed by atoms with Crippen molar-refractivity contribution in [2.45, 2.75) is 19.5 Å². The zero-order valence-electron chi connectivity index (χ0n) is 7.70. The predicted molar refractivity (Wildman–Crippen MR) is 46.9 cm³/mol. The van der Waals surface area contributed by atoms with Crippen LogP contribution in [0.1, 0.15) is 12.7 Å². The van der Waals surface area contributed by atoms with Gasteiger partial charge in [0.25, 0.3) is 0 Å². The van der Waals surface area contributed by atoms with Gasteiger partial charge in [0.15, 0.2) is 0 Å². The largest absolute Gasteiger partial charge is 0.468 e. The highest BCUT2D eigenvalue weighted by Gasteiger charge is 2.11. The second-order valence-electron chi connectivity index (χ2n) is 2.66. The SMILES string of the molecule is COC(=O)[C@H](C)NCc1ncc[nH]1. The molecule has 0 fully saturated rings. The summed E-state index contributed by atoms with van der Waals surface area (Å²) in [5, 5.41) is 2.97. The number of aromatic nitrogens is 2. The molecule has 1 heterocycles. The molecule has 72 valence electrons. The summed E-state index contributed by atoms with van der Waals surface area (Å²) in [7, 11) is 1.37. The highest BCUT2D eigenvalue weighted by molar-refractivity contribution is 5.74. The molecule has 0 aliphatic carbocycles. The maximum atomic E-state index is 11.0. The molecule has 0 amide bonds. The Morgan fingerprint density at radius 1 is 1.85 bits per heavy atom. The molecule has 0 spiro atoms. The van der Waals surface area contributed by atoms with Gasteiger partial charge in [-0.2, -0.15) is 0 Å². The van der Waals surface area contributed by atoms with E-state index in [9.17, 15) is 4.79 Å². The molecule has 0 saturated heterocycles. The monoisotopic (exact) mass is 183 g/mol. The number of nitrogens with one attached hydrogen (secondary N) is 2. The van der Waals surface area contributed by atoms with E-state index in [0.717, 1.165) is 5.82 Å². The van der Waals surface area contributed by atoms with E-state index in [-0.39, 0.29) is 12.0 Å². The number of H-pyrrole nitrogens is 1.